The summed E-state index contributed by atoms with van der Waals surface area (Å²) in [4.78, 5) is 25.6. The molecule has 6 nitrogen and oxygen atoms in total. The minimum atomic E-state index is -6.80. The minimum Gasteiger partial charge on any atom is -0.506 e. The Bertz CT molecular complexity index is 1510. The Kier molecular flexibility index (Phi) is 9.84. The number of alkyl halides is 7. The maximum absolute atomic E-state index is 14.3. The standard InChI is InChI=1S/C23H12F7NO3.Eu.2H2O/c24-21(25,22(26,27)23(28,29)30)19(33)17-18(32)16-14-9-5-4-6-12(14)10-11-15(16)31(20(17)34)13-7-2-1-3-8-13;;;/h1-11,32H;;2*1H2. The van der Waals surface area contributed by atoms with Gasteiger partial charge in [0.25, 0.3) is 5.56 Å². The molecule has 14 heteroatoms. The number of nitrogens with zero attached hydrogens (tertiary/aromatic N) is 1. The van der Waals surface area contributed by atoms with E-state index in [-0.39, 0.29) is 82.3 Å². The van der Waals surface area contributed by atoms with Crippen molar-refractivity contribution in [2.75, 3.05) is 0 Å². The Morgan fingerprint density at radius 2 is 1.32 bits per heavy atom. The van der Waals surface area contributed by atoms with Crippen molar-refractivity contribution in [3.05, 3.63) is 82.6 Å². The van der Waals surface area contributed by atoms with Crippen LogP contribution in [0.2, 0.25) is 0 Å². The third-order valence-electron chi connectivity index (χ3n) is 5.32. The van der Waals surface area contributed by atoms with Gasteiger partial charge in [0.15, 0.2) is 0 Å². The number of aromatic nitrogens is 1. The van der Waals surface area contributed by atoms with Crippen LogP contribution in [0.25, 0.3) is 27.4 Å². The van der Waals surface area contributed by atoms with Crippen molar-refractivity contribution >= 4 is 27.5 Å². The largest absolute Gasteiger partial charge is 0.506 e. The van der Waals surface area contributed by atoms with Crippen molar-refractivity contribution < 1.29 is 101 Å². The van der Waals surface area contributed by atoms with Crippen LogP contribution >= 0.6 is 0 Å². The minimum absolute atomic E-state index is 0. The summed E-state index contributed by atoms with van der Waals surface area (Å²) >= 11 is 0. The van der Waals surface area contributed by atoms with E-state index in [4.69, 9.17) is 0 Å². The summed E-state index contributed by atoms with van der Waals surface area (Å²) in [6.45, 7) is 0. The number of ketones is 1. The van der Waals surface area contributed by atoms with Gasteiger partial charge in [-0.25, -0.2) is 0 Å². The van der Waals surface area contributed by atoms with Crippen LogP contribution in [0, 0.1) is 49.4 Å². The predicted molar refractivity (Wildman–Crippen MR) is 116 cm³/mol. The number of Topliss-reactive ketones (excluding diaryl/α,β-unsaturated/α-hetero) is 1. The maximum atomic E-state index is 14.3. The van der Waals surface area contributed by atoms with E-state index in [2.05, 4.69) is 0 Å². The van der Waals surface area contributed by atoms with Crippen LogP contribution < -0.4 is 5.56 Å². The van der Waals surface area contributed by atoms with E-state index >= 15 is 0 Å². The summed E-state index contributed by atoms with van der Waals surface area (Å²) in [7, 11) is 0. The molecular weight excluding hydrogens is 655 g/mol. The number of hydrogen-bond acceptors (Lipinski definition) is 3. The molecule has 1 aromatic heterocycles. The third kappa shape index (κ3) is 5.04. The second-order valence-electron chi connectivity index (χ2n) is 7.36. The van der Waals surface area contributed by atoms with Crippen LogP contribution in [0.4, 0.5) is 30.7 Å². The van der Waals surface area contributed by atoms with E-state index in [0.717, 1.165) is 0 Å². The number of rotatable bonds is 4. The molecular formula is C23H16EuF7NO5. The fraction of sp³-hybridized carbons (Fsp3) is 0.130. The molecule has 5 N–H and O–H groups in total. The van der Waals surface area contributed by atoms with Crippen molar-refractivity contribution in [1.82, 2.24) is 4.57 Å². The second-order valence-corrected chi connectivity index (χ2v) is 7.36. The molecule has 0 bridgehead atoms. The zero-order chi connectivity index (χ0) is 25.1. The van der Waals surface area contributed by atoms with E-state index in [1.165, 1.54) is 54.6 Å². The fourth-order valence-electron chi connectivity index (χ4n) is 3.66. The predicted octanol–water partition coefficient (Wildman–Crippen LogP) is 4.22. The van der Waals surface area contributed by atoms with Gasteiger partial charge in [-0.3, -0.25) is 14.2 Å². The number of benzene rings is 3. The van der Waals surface area contributed by atoms with Crippen molar-refractivity contribution in [2.24, 2.45) is 0 Å². The molecule has 3 aromatic carbocycles. The molecule has 4 rings (SSSR count). The smallest absolute Gasteiger partial charge is 0.460 e. The Morgan fingerprint density at radius 1 is 0.784 bits per heavy atom. The molecule has 0 amide bonds. The van der Waals surface area contributed by atoms with Crippen LogP contribution in [-0.2, 0) is 0 Å². The molecule has 0 aliphatic carbocycles. The Morgan fingerprint density at radius 3 is 1.89 bits per heavy atom. The molecule has 0 atom stereocenters. The zero-order valence-electron chi connectivity index (χ0n) is 18.1. The summed E-state index contributed by atoms with van der Waals surface area (Å²) < 4.78 is 94.6. The first-order chi connectivity index (χ1) is 15.8. The first kappa shape index (κ1) is 32.6. The summed E-state index contributed by atoms with van der Waals surface area (Å²) in [5.74, 6) is -17.8. The van der Waals surface area contributed by atoms with Gasteiger partial charge in [0.1, 0.15) is 11.3 Å². The summed E-state index contributed by atoms with van der Waals surface area (Å²) in [6.07, 6.45) is -6.80. The van der Waals surface area contributed by atoms with Gasteiger partial charge in [0, 0.05) is 60.5 Å². The van der Waals surface area contributed by atoms with Crippen molar-refractivity contribution in [2.45, 2.75) is 18.0 Å². The van der Waals surface area contributed by atoms with Gasteiger partial charge in [0.2, 0.25) is 5.78 Å². The SMILES string of the molecule is O.O.O=C(c1c(O)c2c3ccccc3ccc2n(-c2ccccc2)c1=O)C(F)(F)C(F)(F)C(F)(F)F.[Eu]. The van der Waals surface area contributed by atoms with Gasteiger partial charge in [-0.05, 0) is 29.0 Å². The first-order valence-corrected chi connectivity index (χ1v) is 9.52. The van der Waals surface area contributed by atoms with Gasteiger partial charge < -0.3 is 16.1 Å². The van der Waals surface area contributed by atoms with Gasteiger partial charge in [-0.1, -0.05) is 48.5 Å². The van der Waals surface area contributed by atoms with Crippen molar-refractivity contribution in [1.29, 1.82) is 0 Å². The molecule has 0 spiro atoms. The number of hydrogen-bond donors (Lipinski definition) is 1. The van der Waals surface area contributed by atoms with Gasteiger partial charge in [-0.2, -0.15) is 30.7 Å². The molecule has 199 valence electrons. The second kappa shape index (κ2) is 11.2. The van der Waals surface area contributed by atoms with Crippen LogP contribution in [0.1, 0.15) is 10.4 Å². The van der Waals surface area contributed by atoms with Crippen LogP contribution in [0.15, 0.2) is 71.5 Å². The van der Waals surface area contributed by atoms with Crippen LogP contribution in [0.3, 0.4) is 0 Å². The number of carbonyl (C=O) groups is 1. The summed E-state index contributed by atoms with van der Waals surface area (Å²) in [5.41, 5.74) is -3.67. The maximum Gasteiger partial charge on any atom is 0.460 e. The third-order valence-corrected chi connectivity index (χ3v) is 5.32. The molecule has 0 unspecified atom stereocenters. The Balaban J connectivity index is 0.00000228. The first-order valence-electron chi connectivity index (χ1n) is 9.52. The zero-order valence-corrected chi connectivity index (χ0v) is 20.5. The molecule has 0 aliphatic rings. The molecule has 0 saturated carbocycles. The van der Waals surface area contributed by atoms with E-state index < -0.39 is 40.7 Å². The number of aromatic hydroxyl groups is 1. The van der Waals surface area contributed by atoms with Gasteiger partial charge in [-0.15, -0.1) is 0 Å². The molecule has 0 aliphatic heterocycles. The van der Waals surface area contributed by atoms with E-state index in [1.54, 1.807) is 12.1 Å². The quantitative estimate of drug-likeness (QED) is 0.199. The molecule has 1 radical (unpaired) electrons. The van der Waals surface area contributed by atoms with Crippen LogP contribution in [0.5, 0.6) is 5.75 Å². The molecule has 0 fully saturated rings. The van der Waals surface area contributed by atoms with Gasteiger partial charge >= 0.3 is 18.0 Å². The summed E-state index contributed by atoms with van der Waals surface area (Å²) in [6, 6.07) is 15.9. The van der Waals surface area contributed by atoms with E-state index in [1.807, 2.05) is 0 Å². The van der Waals surface area contributed by atoms with E-state index in [0.29, 0.717) is 9.95 Å². The average Bonchev–Trinajstić information content (AvgIpc) is 2.78. The Hall–Kier alpha value is -2.39. The molecule has 4 aromatic rings. The van der Waals surface area contributed by atoms with E-state index in [9.17, 15) is 45.4 Å². The van der Waals surface area contributed by atoms with Crippen molar-refractivity contribution in [3.63, 3.8) is 0 Å². The molecule has 0 saturated heterocycles. The number of para-hydroxylation sites is 1. The van der Waals surface area contributed by atoms with Crippen molar-refractivity contribution in [3.8, 4) is 11.4 Å². The number of pyridine rings is 1. The number of fused-ring (bicyclic) bond motifs is 3. The topological polar surface area (TPSA) is 122 Å². The normalized spacial score (nSPS) is 11.9. The van der Waals surface area contributed by atoms with Crippen LogP contribution in [-0.4, -0.2) is 44.4 Å². The number of carbonyl (C=O) groups excluding carboxylic acids is 1. The average molecular weight is 671 g/mol. The number of halogens is 7. The van der Waals surface area contributed by atoms with Gasteiger partial charge in [0.05, 0.1) is 5.52 Å². The molecule has 37 heavy (non-hydrogen) atoms. The molecule has 1 heterocycles. The Labute approximate surface area is 243 Å². The fourth-order valence-corrected chi connectivity index (χ4v) is 3.66. The monoisotopic (exact) mass is 672 g/mol. The summed E-state index contributed by atoms with van der Waals surface area (Å²) in [5, 5.41) is 10.9.